The fourth-order valence-electron chi connectivity index (χ4n) is 2.70. The second-order valence-electron chi connectivity index (χ2n) is 6.02. The van der Waals surface area contributed by atoms with Crippen LogP contribution in [0.25, 0.3) is 11.4 Å². The van der Waals surface area contributed by atoms with Crippen molar-refractivity contribution in [1.82, 2.24) is 14.8 Å². The van der Waals surface area contributed by atoms with Gasteiger partial charge in [-0.1, -0.05) is 35.5 Å². The van der Waals surface area contributed by atoms with Crippen LogP contribution in [0.4, 0.5) is 0 Å². The Hall–Kier alpha value is -2.80. The Balaban J connectivity index is 1.73. The van der Waals surface area contributed by atoms with Crippen LogP contribution in [-0.4, -0.2) is 40.5 Å². The molecule has 0 amide bonds. The van der Waals surface area contributed by atoms with Gasteiger partial charge >= 0.3 is 0 Å². The molecule has 27 heavy (non-hydrogen) atoms. The first-order valence-electron chi connectivity index (χ1n) is 8.38. The number of ether oxygens (including phenoxy) is 2. The molecule has 140 valence electrons. The van der Waals surface area contributed by atoms with Crippen LogP contribution in [0.5, 0.6) is 11.5 Å². The number of rotatable bonds is 7. The number of carbonyl (C=O) groups excluding carboxylic acids is 1. The molecule has 0 aliphatic heterocycles. The molecule has 0 saturated heterocycles. The maximum atomic E-state index is 12.5. The number of benzene rings is 2. The molecule has 2 aromatic carbocycles. The lowest BCUT2D eigenvalue weighted by Gasteiger charge is -2.09. The number of carbonyl (C=O) groups is 1. The summed E-state index contributed by atoms with van der Waals surface area (Å²) in [5, 5.41) is 9.19. The van der Waals surface area contributed by atoms with E-state index in [2.05, 4.69) is 16.3 Å². The third-order valence-corrected chi connectivity index (χ3v) is 5.17. The van der Waals surface area contributed by atoms with Gasteiger partial charge in [-0.3, -0.25) is 4.79 Å². The largest absolute Gasteiger partial charge is 0.493 e. The van der Waals surface area contributed by atoms with Crippen LogP contribution in [0.15, 0.2) is 47.6 Å². The number of Topliss-reactive ketones (excluding diaryl/α,β-unsaturated/α-hetero) is 1. The van der Waals surface area contributed by atoms with Gasteiger partial charge in [-0.15, -0.1) is 10.2 Å². The molecule has 1 aromatic heterocycles. The molecular weight excluding hydrogens is 362 g/mol. The predicted molar refractivity (Wildman–Crippen MR) is 106 cm³/mol. The zero-order valence-electron chi connectivity index (χ0n) is 15.7. The van der Waals surface area contributed by atoms with Gasteiger partial charge in [0.15, 0.2) is 28.3 Å². The van der Waals surface area contributed by atoms with Crippen molar-refractivity contribution in [3.8, 4) is 22.9 Å². The lowest BCUT2D eigenvalue weighted by Crippen LogP contribution is -2.05. The molecule has 6 nitrogen and oxygen atoms in total. The van der Waals surface area contributed by atoms with E-state index in [1.165, 1.54) is 11.8 Å². The number of methoxy groups -OCH3 is 2. The smallest absolute Gasteiger partial charge is 0.191 e. The molecule has 1 heterocycles. The van der Waals surface area contributed by atoms with Crippen LogP contribution in [0.2, 0.25) is 0 Å². The highest BCUT2D eigenvalue weighted by molar-refractivity contribution is 7.99. The van der Waals surface area contributed by atoms with Crippen molar-refractivity contribution >= 4 is 17.5 Å². The number of aryl methyl sites for hydroxylation is 1. The summed E-state index contributed by atoms with van der Waals surface area (Å²) >= 11 is 1.36. The molecule has 0 radical (unpaired) electrons. The van der Waals surface area contributed by atoms with Crippen molar-refractivity contribution in [2.45, 2.75) is 12.1 Å². The summed E-state index contributed by atoms with van der Waals surface area (Å²) in [5.74, 6) is 2.15. The van der Waals surface area contributed by atoms with Gasteiger partial charge in [0, 0.05) is 18.2 Å². The second kappa shape index (κ2) is 8.26. The van der Waals surface area contributed by atoms with E-state index in [0.29, 0.717) is 22.2 Å². The number of hydrogen-bond acceptors (Lipinski definition) is 6. The Morgan fingerprint density at radius 3 is 2.56 bits per heavy atom. The molecule has 0 aliphatic rings. The van der Waals surface area contributed by atoms with Gasteiger partial charge < -0.3 is 14.0 Å². The molecule has 3 rings (SSSR count). The first-order valence-corrected chi connectivity index (χ1v) is 9.36. The molecule has 0 fully saturated rings. The van der Waals surface area contributed by atoms with Crippen molar-refractivity contribution < 1.29 is 14.3 Å². The summed E-state index contributed by atoms with van der Waals surface area (Å²) in [6.45, 7) is 2.04. The molecule has 0 atom stereocenters. The van der Waals surface area contributed by atoms with Crippen molar-refractivity contribution in [1.29, 1.82) is 0 Å². The maximum absolute atomic E-state index is 12.5. The summed E-state index contributed by atoms with van der Waals surface area (Å²) in [5.41, 5.74) is 2.73. The SMILES string of the molecule is COc1ccc(C(=O)CSc2nnc(-c3cccc(C)c3)n2C)cc1OC. The van der Waals surface area contributed by atoms with Crippen molar-refractivity contribution in [2.75, 3.05) is 20.0 Å². The molecule has 3 aromatic rings. The third-order valence-electron chi connectivity index (χ3n) is 4.15. The first kappa shape index (κ1) is 19.0. The lowest BCUT2D eigenvalue weighted by molar-refractivity contribution is 0.102. The van der Waals surface area contributed by atoms with Gasteiger partial charge in [0.2, 0.25) is 0 Å². The van der Waals surface area contributed by atoms with E-state index in [-0.39, 0.29) is 11.5 Å². The molecule has 0 bridgehead atoms. The Morgan fingerprint density at radius 2 is 1.85 bits per heavy atom. The van der Waals surface area contributed by atoms with Gasteiger partial charge in [0.25, 0.3) is 0 Å². The number of hydrogen-bond donors (Lipinski definition) is 0. The van der Waals surface area contributed by atoms with Crippen LogP contribution in [0.1, 0.15) is 15.9 Å². The standard InChI is InChI=1S/C20H21N3O3S/c1-13-6-5-7-15(10-13)19-21-22-20(23(19)2)27-12-16(24)14-8-9-17(25-3)18(11-14)26-4/h5-11H,12H2,1-4H3. The minimum atomic E-state index is -0.0129. The summed E-state index contributed by atoms with van der Waals surface area (Å²) in [4.78, 5) is 12.5. The average molecular weight is 383 g/mol. The number of nitrogens with zero attached hydrogens (tertiary/aromatic N) is 3. The van der Waals surface area contributed by atoms with Crippen LogP contribution < -0.4 is 9.47 Å². The van der Waals surface area contributed by atoms with E-state index < -0.39 is 0 Å². The fraction of sp³-hybridized carbons (Fsp3) is 0.250. The Bertz CT molecular complexity index is 969. The zero-order chi connectivity index (χ0) is 19.4. The van der Waals surface area contributed by atoms with Crippen LogP contribution in [-0.2, 0) is 7.05 Å². The van der Waals surface area contributed by atoms with E-state index in [9.17, 15) is 4.79 Å². The summed E-state index contributed by atoms with van der Waals surface area (Å²) in [6.07, 6.45) is 0. The molecule has 7 heteroatoms. The maximum Gasteiger partial charge on any atom is 0.191 e. The third kappa shape index (κ3) is 4.14. The lowest BCUT2D eigenvalue weighted by atomic mass is 10.1. The number of aromatic nitrogens is 3. The van der Waals surface area contributed by atoms with Gasteiger partial charge in [-0.25, -0.2) is 0 Å². The van der Waals surface area contributed by atoms with Crippen molar-refractivity contribution in [2.24, 2.45) is 7.05 Å². The highest BCUT2D eigenvalue weighted by atomic mass is 32.2. The van der Waals surface area contributed by atoms with E-state index in [4.69, 9.17) is 9.47 Å². The Labute approximate surface area is 162 Å². The minimum Gasteiger partial charge on any atom is -0.493 e. The summed E-state index contributed by atoms with van der Waals surface area (Å²) in [6, 6.07) is 13.3. The van der Waals surface area contributed by atoms with Gasteiger partial charge in [0.05, 0.1) is 20.0 Å². The summed E-state index contributed by atoms with van der Waals surface area (Å²) in [7, 11) is 5.02. The normalized spacial score (nSPS) is 10.7. The fourth-order valence-corrected chi connectivity index (χ4v) is 3.50. The van der Waals surface area contributed by atoms with Crippen LogP contribution in [0.3, 0.4) is 0 Å². The van der Waals surface area contributed by atoms with E-state index in [1.807, 2.05) is 36.7 Å². The highest BCUT2D eigenvalue weighted by Gasteiger charge is 2.15. The first-order chi connectivity index (χ1) is 13.0. The monoisotopic (exact) mass is 383 g/mol. The molecular formula is C20H21N3O3S. The van der Waals surface area contributed by atoms with Crippen molar-refractivity contribution in [3.63, 3.8) is 0 Å². The average Bonchev–Trinajstić information content (AvgIpc) is 3.06. The molecule has 0 unspecified atom stereocenters. The van der Waals surface area contributed by atoms with Crippen LogP contribution in [0, 0.1) is 6.92 Å². The van der Waals surface area contributed by atoms with Gasteiger partial charge in [0.1, 0.15) is 0 Å². The zero-order valence-corrected chi connectivity index (χ0v) is 16.5. The highest BCUT2D eigenvalue weighted by Crippen LogP contribution is 2.29. The van der Waals surface area contributed by atoms with E-state index in [0.717, 1.165) is 17.0 Å². The second-order valence-corrected chi connectivity index (χ2v) is 6.96. The Kier molecular flexibility index (Phi) is 5.81. The molecule has 0 N–H and O–H groups in total. The van der Waals surface area contributed by atoms with Gasteiger partial charge in [-0.05, 0) is 31.2 Å². The van der Waals surface area contributed by atoms with Crippen LogP contribution >= 0.6 is 11.8 Å². The number of ketones is 1. The number of thioether (sulfide) groups is 1. The van der Waals surface area contributed by atoms with E-state index in [1.54, 1.807) is 32.4 Å². The molecule has 0 saturated carbocycles. The van der Waals surface area contributed by atoms with E-state index >= 15 is 0 Å². The topological polar surface area (TPSA) is 66.2 Å². The predicted octanol–water partition coefficient (Wildman–Crippen LogP) is 3.78. The van der Waals surface area contributed by atoms with Crippen molar-refractivity contribution in [3.05, 3.63) is 53.6 Å². The quantitative estimate of drug-likeness (QED) is 0.457. The molecule has 0 spiro atoms. The van der Waals surface area contributed by atoms with Gasteiger partial charge in [-0.2, -0.15) is 0 Å². The Morgan fingerprint density at radius 1 is 1.07 bits per heavy atom. The minimum absolute atomic E-state index is 0.0129. The molecule has 0 aliphatic carbocycles. The summed E-state index contributed by atoms with van der Waals surface area (Å²) < 4.78 is 12.4.